The molecule has 0 fully saturated rings. The molecule has 2 aromatic rings. The molecule has 0 radical (unpaired) electrons. The zero-order valence-corrected chi connectivity index (χ0v) is 12.2. The molecule has 20 heavy (non-hydrogen) atoms. The van der Waals surface area contributed by atoms with Gasteiger partial charge in [-0.05, 0) is 35.7 Å². The van der Waals surface area contributed by atoms with Crippen molar-refractivity contribution in [1.29, 1.82) is 0 Å². The summed E-state index contributed by atoms with van der Waals surface area (Å²) in [4.78, 5) is 4.03. The lowest BCUT2D eigenvalue weighted by Gasteiger charge is -2.13. The van der Waals surface area contributed by atoms with Gasteiger partial charge in [-0.15, -0.1) is 0 Å². The average molecular weight is 270 g/mol. The Balaban J connectivity index is 1.88. The molecular formula is C17H22N2O. The Morgan fingerprint density at radius 1 is 1.20 bits per heavy atom. The zero-order chi connectivity index (χ0) is 14.2. The summed E-state index contributed by atoms with van der Waals surface area (Å²) in [5.41, 5.74) is 2.53. The van der Waals surface area contributed by atoms with Crippen LogP contribution in [0.2, 0.25) is 0 Å². The second-order valence-corrected chi connectivity index (χ2v) is 4.93. The summed E-state index contributed by atoms with van der Waals surface area (Å²) < 4.78 is 5.68. The van der Waals surface area contributed by atoms with E-state index in [1.807, 2.05) is 12.1 Å². The Hall–Kier alpha value is -1.87. The highest BCUT2D eigenvalue weighted by Gasteiger charge is 2.04. The van der Waals surface area contributed by atoms with Gasteiger partial charge in [0.05, 0.1) is 6.20 Å². The van der Waals surface area contributed by atoms with Crippen molar-refractivity contribution in [3.05, 3.63) is 59.9 Å². The highest BCUT2D eigenvalue weighted by molar-refractivity contribution is 5.25. The maximum Gasteiger partial charge on any atom is 0.138 e. The lowest BCUT2D eigenvalue weighted by atomic mass is 10.00. The number of hydrogen-bond acceptors (Lipinski definition) is 3. The molecule has 0 bridgehead atoms. The van der Waals surface area contributed by atoms with E-state index in [-0.39, 0.29) is 0 Å². The van der Waals surface area contributed by atoms with Gasteiger partial charge in [0, 0.05) is 12.7 Å². The topological polar surface area (TPSA) is 34.1 Å². The predicted molar refractivity (Wildman–Crippen MR) is 82.0 cm³/mol. The van der Waals surface area contributed by atoms with Crippen molar-refractivity contribution in [2.75, 3.05) is 13.1 Å². The molecule has 3 nitrogen and oxygen atoms in total. The van der Waals surface area contributed by atoms with Crippen molar-refractivity contribution in [2.24, 2.45) is 0 Å². The number of rotatable bonds is 7. The minimum Gasteiger partial charge on any atom is -0.487 e. The van der Waals surface area contributed by atoms with Crippen molar-refractivity contribution in [3.63, 3.8) is 0 Å². The standard InChI is InChI=1S/C17H22N2O/c1-3-18-11-14(2)16-8-6-15(7-9-16)13-20-17-5-4-10-19-12-17/h4-10,12,14,18H,3,11,13H2,1-2H3. The van der Waals surface area contributed by atoms with Crippen LogP contribution in [0.3, 0.4) is 0 Å². The van der Waals surface area contributed by atoms with E-state index < -0.39 is 0 Å². The highest BCUT2D eigenvalue weighted by atomic mass is 16.5. The van der Waals surface area contributed by atoms with Gasteiger partial charge in [-0.3, -0.25) is 4.98 Å². The van der Waals surface area contributed by atoms with Crippen LogP contribution in [0.1, 0.15) is 30.9 Å². The van der Waals surface area contributed by atoms with E-state index in [1.54, 1.807) is 12.4 Å². The molecule has 0 aliphatic carbocycles. The molecule has 0 saturated carbocycles. The van der Waals surface area contributed by atoms with Gasteiger partial charge in [-0.1, -0.05) is 38.1 Å². The number of hydrogen-bond donors (Lipinski definition) is 1. The lowest BCUT2D eigenvalue weighted by Crippen LogP contribution is -2.19. The molecule has 3 heteroatoms. The Labute approximate surface area is 121 Å². The van der Waals surface area contributed by atoms with Crippen LogP contribution in [0.4, 0.5) is 0 Å². The normalized spacial score (nSPS) is 12.1. The fraction of sp³-hybridized carbons (Fsp3) is 0.353. The molecule has 0 amide bonds. The molecule has 1 heterocycles. The molecule has 0 spiro atoms. The molecule has 0 saturated heterocycles. The number of pyridine rings is 1. The molecule has 1 atom stereocenters. The van der Waals surface area contributed by atoms with Crippen LogP contribution < -0.4 is 10.1 Å². The van der Waals surface area contributed by atoms with Crippen LogP contribution >= 0.6 is 0 Å². The molecule has 1 N–H and O–H groups in total. The third kappa shape index (κ3) is 4.35. The van der Waals surface area contributed by atoms with E-state index >= 15 is 0 Å². The molecule has 0 aliphatic heterocycles. The van der Waals surface area contributed by atoms with Crippen molar-refractivity contribution < 1.29 is 4.74 Å². The smallest absolute Gasteiger partial charge is 0.138 e. The first-order chi connectivity index (χ1) is 9.79. The number of ether oxygens (including phenoxy) is 1. The van der Waals surface area contributed by atoms with Crippen molar-refractivity contribution >= 4 is 0 Å². The third-order valence-electron chi connectivity index (χ3n) is 3.29. The number of benzene rings is 1. The van der Waals surface area contributed by atoms with E-state index in [9.17, 15) is 0 Å². The second kappa shape index (κ2) is 7.65. The van der Waals surface area contributed by atoms with E-state index in [1.165, 1.54) is 11.1 Å². The molecule has 106 valence electrons. The zero-order valence-electron chi connectivity index (χ0n) is 12.2. The summed E-state index contributed by atoms with van der Waals surface area (Å²) >= 11 is 0. The number of nitrogens with zero attached hydrogens (tertiary/aromatic N) is 1. The summed E-state index contributed by atoms with van der Waals surface area (Å²) in [6.07, 6.45) is 3.47. The first kappa shape index (κ1) is 14.5. The SMILES string of the molecule is CCNCC(C)c1ccc(COc2cccnc2)cc1. The summed E-state index contributed by atoms with van der Waals surface area (Å²) in [5.74, 6) is 1.33. The van der Waals surface area contributed by atoms with Crippen molar-refractivity contribution in [2.45, 2.75) is 26.4 Å². The van der Waals surface area contributed by atoms with E-state index in [2.05, 4.69) is 48.4 Å². The van der Waals surface area contributed by atoms with Gasteiger partial charge in [0.2, 0.25) is 0 Å². The van der Waals surface area contributed by atoms with E-state index in [0.717, 1.165) is 18.8 Å². The minimum absolute atomic E-state index is 0.531. The molecule has 2 rings (SSSR count). The van der Waals surface area contributed by atoms with E-state index in [4.69, 9.17) is 4.74 Å². The number of aromatic nitrogens is 1. The van der Waals surface area contributed by atoms with Gasteiger partial charge in [0.15, 0.2) is 0 Å². The Kier molecular flexibility index (Phi) is 5.56. The van der Waals surface area contributed by atoms with Crippen LogP contribution in [0, 0.1) is 0 Å². The molecule has 1 aromatic heterocycles. The molecule has 1 aromatic carbocycles. The van der Waals surface area contributed by atoms with Crippen LogP contribution in [0.5, 0.6) is 5.75 Å². The summed E-state index contributed by atoms with van der Waals surface area (Å²) in [6, 6.07) is 12.4. The van der Waals surface area contributed by atoms with Gasteiger partial charge >= 0.3 is 0 Å². The largest absolute Gasteiger partial charge is 0.487 e. The first-order valence-corrected chi connectivity index (χ1v) is 7.12. The van der Waals surface area contributed by atoms with E-state index in [0.29, 0.717) is 12.5 Å². The molecule has 1 unspecified atom stereocenters. The van der Waals surface area contributed by atoms with Gasteiger partial charge < -0.3 is 10.1 Å². The van der Waals surface area contributed by atoms with Crippen molar-refractivity contribution in [3.8, 4) is 5.75 Å². The molecule has 0 aliphatic rings. The Morgan fingerprint density at radius 2 is 2.00 bits per heavy atom. The monoisotopic (exact) mass is 270 g/mol. The quantitative estimate of drug-likeness (QED) is 0.837. The first-order valence-electron chi connectivity index (χ1n) is 7.12. The van der Waals surface area contributed by atoms with Crippen LogP contribution in [0.15, 0.2) is 48.8 Å². The van der Waals surface area contributed by atoms with Gasteiger partial charge in [-0.25, -0.2) is 0 Å². The van der Waals surface area contributed by atoms with Gasteiger partial charge in [-0.2, -0.15) is 0 Å². The predicted octanol–water partition coefficient (Wildman–Crippen LogP) is 3.37. The number of likely N-dealkylation sites (N-methyl/N-ethyl adjacent to an activating group) is 1. The summed E-state index contributed by atoms with van der Waals surface area (Å²) in [7, 11) is 0. The fourth-order valence-corrected chi connectivity index (χ4v) is 2.02. The minimum atomic E-state index is 0.531. The van der Waals surface area contributed by atoms with Crippen LogP contribution in [-0.2, 0) is 6.61 Å². The Morgan fingerprint density at radius 3 is 2.65 bits per heavy atom. The maximum absolute atomic E-state index is 5.68. The summed E-state index contributed by atoms with van der Waals surface area (Å²) in [6.45, 7) is 6.98. The third-order valence-corrected chi connectivity index (χ3v) is 3.29. The summed E-state index contributed by atoms with van der Waals surface area (Å²) in [5, 5.41) is 3.38. The molecular weight excluding hydrogens is 248 g/mol. The lowest BCUT2D eigenvalue weighted by molar-refractivity contribution is 0.305. The maximum atomic E-state index is 5.68. The highest BCUT2D eigenvalue weighted by Crippen LogP contribution is 2.16. The van der Waals surface area contributed by atoms with Crippen molar-refractivity contribution in [1.82, 2.24) is 10.3 Å². The Bertz CT molecular complexity index is 496. The fourth-order valence-electron chi connectivity index (χ4n) is 2.02. The second-order valence-electron chi connectivity index (χ2n) is 4.93. The van der Waals surface area contributed by atoms with Gasteiger partial charge in [0.25, 0.3) is 0 Å². The average Bonchev–Trinajstić information content (AvgIpc) is 2.52. The van der Waals surface area contributed by atoms with Gasteiger partial charge in [0.1, 0.15) is 12.4 Å². The van der Waals surface area contributed by atoms with Crippen LogP contribution in [-0.4, -0.2) is 18.1 Å². The van der Waals surface area contributed by atoms with Crippen LogP contribution in [0.25, 0.3) is 0 Å². The number of nitrogens with one attached hydrogen (secondary N) is 1.